The summed E-state index contributed by atoms with van der Waals surface area (Å²) in [6.45, 7) is 4.12. The third kappa shape index (κ3) is 4.36. The van der Waals surface area contributed by atoms with Crippen molar-refractivity contribution >= 4 is 0 Å². The Hall–Kier alpha value is -4.52. The quantitative estimate of drug-likeness (QED) is 0.318. The van der Waals surface area contributed by atoms with Crippen LogP contribution in [0.4, 0.5) is 0 Å². The number of aryl methyl sites for hydroxylation is 2. The number of phenols is 1. The minimum absolute atomic E-state index is 0.0689. The van der Waals surface area contributed by atoms with Gasteiger partial charge in [0.1, 0.15) is 29.5 Å². The standard InChI is InChI=1S/C27H24N4O3/c1-18-13-23(33-17-20-15-28-31(16-20)21-9-5-3-6-10-21)14-24(32)25(18)26-27(19(2)29-30-26)34-22-11-7-4-8-12-22/h3-16,32H,17H2,1-2H3,(H,29,30). The summed E-state index contributed by atoms with van der Waals surface area (Å²) in [7, 11) is 0. The number of rotatable bonds is 7. The molecule has 34 heavy (non-hydrogen) atoms. The summed E-state index contributed by atoms with van der Waals surface area (Å²) in [5, 5.41) is 22.6. The Morgan fingerprint density at radius 1 is 0.941 bits per heavy atom. The van der Waals surface area contributed by atoms with Gasteiger partial charge in [-0.15, -0.1) is 0 Å². The van der Waals surface area contributed by atoms with Crippen molar-refractivity contribution in [3.63, 3.8) is 0 Å². The first-order valence-electron chi connectivity index (χ1n) is 10.9. The lowest BCUT2D eigenvalue weighted by atomic mass is 10.0. The zero-order chi connectivity index (χ0) is 23.5. The van der Waals surface area contributed by atoms with Crippen LogP contribution in [-0.2, 0) is 6.61 Å². The smallest absolute Gasteiger partial charge is 0.176 e. The highest BCUT2D eigenvalue weighted by Gasteiger charge is 2.21. The minimum atomic E-state index is 0.0689. The number of hydrogen-bond acceptors (Lipinski definition) is 5. The van der Waals surface area contributed by atoms with Gasteiger partial charge in [0, 0.05) is 17.8 Å². The number of phenolic OH excluding ortho intramolecular Hbond substituents is 1. The van der Waals surface area contributed by atoms with E-state index in [1.165, 1.54) is 0 Å². The van der Waals surface area contributed by atoms with Crippen LogP contribution in [0.25, 0.3) is 16.9 Å². The number of aromatic nitrogens is 4. The maximum Gasteiger partial charge on any atom is 0.176 e. The van der Waals surface area contributed by atoms with Crippen molar-refractivity contribution < 1.29 is 14.6 Å². The number of ether oxygens (including phenoxy) is 2. The molecule has 0 aliphatic rings. The number of aromatic amines is 1. The van der Waals surface area contributed by atoms with E-state index in [4.69, 9.17) is 9.47 Å². The van der Waals surface area contributed by atoms with Crippen LogP contribution in [0, 0.1) is 13.8 Å². The number of nitrogens with one attached hydrogen (secondary N) is 1. The molecule has 0 saturated heterocycles. The molecule has 5 aromatic rings. The van der Waals surface area contributed by atoms with Gasteiger partial charge in [0.15, 0.2) is 5.75 Å². The summed E-state index contributed by atoms with van der Waals surface area (Å²) >= 11 is 0. The van der Waals surface area contributed by atoms with Crippen molar-refractivity contribution in [2.24, 2.45) is 0 Å². The molecule has 0 saturated carbocycles. The zero-order valence-electron chi connectivity index (χ0n) is 18.9. The Labute approximate surface area is 197 Å². The summed E-state index contributed by atoms with van der Waals surface area (Å²) in [6.07, 6.45) is 3.70. The van der Waals surface area contributed by atoms with E-state index < -0.39 is 0 Å². The minimum Gasteiger partial charge on any atom is -0.507 e. The molecule has 0 atom stereocenters. The number of hydrogen-bond donors (Lipinski definition) is 2. The van der Waals surface area contributed by atoms with Crippen LogP contribution in [-0.4, -0.2) is 25.1 Å². The first kappa shape index (κ1) is 21.3. The third-order valence-electron chi connectivity index (χ3n) is 5.44. The molecule has 0 bridgehead atoms. The molecule has 0 amide bonds. The van der Waals surface area contributed by atoms with E-state index >= 15 is 0 Å². The molecule has 2 heterocycles. The van der Waals surface area contributed by atoms with Crippen LogP contribution in [0.5, 0.6) is 23.0 Å². The van der Waals surface area contributed by atoms with Gasteiger partial charge in [-0.05, 0) is 49.7 Å². The second-order valence-electron chi connectivity index (χ2n) is 7.99. The SMILES string of the molecule is Cc1cc(OCc2cnn(-c3ccccc3)c2)cc(O)c1-c1n[nH]c(C)c1Oc1ccccc1. The first-order chi connectivity index (χ1) is 16.6. The van der Waals surface area contributed by atoms with E-state index in [-0.39, 0.29) is 5.75 Å². The maximum atomic E-state index is 10.9. The van der Waals surface area contributed by atoms with Crippen molar-refractivity contribution in [2.45, 2.75) is 20.5 Å². The lowest BCUT2D eigenvalue weighted by Crippen LogP contribution is -1.97. The first-order valence-corrected chi connectivity index (χ1v) is 10.9. The fourth-order valence-corrected chi connectivity index (χ4v) is 3.77. The van der Waals surface area contributed by atoms with Gasteiger partial charge in [0.2, 0.25) is 0 Å². The fourth-order valence-electron chi connectivity index (χ4n) is 3.77. The van der Waals surface area contributed by atoms with Gasteiger partial charge in [0.25, 0.3) is 0 Å². The summed E-state index contributed by atoms with van der Waals surface area (Å²) in [5.41, 5.74) is 4.64. The Bertz CT molecular complexity index is 1390. The summed E-state index contributed by atoms with van der Waals surface area (Å²) in [5.74, 6) is 1.90. The van der Waals surface area contributed by atoms with Crippen LogP contribution < -0.4 is 9.47 Å². The lowest BCUT2D eigenvalue weighted by Gasteiger charge is -2.13. The largest absolute Gasteiger partial charge is 0.507 e. The van der Waals surface area contributed by atoms with Gasteiger partial charge in [-0.2, -0.15) is 10.2 Å². The number of aromatic hydroxyl groups is 1. The molecule has 7 nitrogen and oxygen atoms in total. The lowest BCUT2D eigenvalue weighted by molar-refractivity contribution is 0.304. The monoisotopic (exact) mass is 452 g/mol. The summed E-state index contributed by atoms with van der Waals surface area (Å²) < 4.78 is 13.8. The Kier molecular flexibility index (Phi) is 5.74. The molecule has 5 rings (SSSR count). The molecule has 0 fully saturated rings. The van der Waals surface area contributed by atoms with E-state index in [0.717, 1.165) is 22.5 Å². The third-order valence-corrected chi connectivity index (χ3v) is 5.44. The van der Waals surface area contributed by atoms with Gasteiger partial charge < -0.3 is 14.6 Å². The average Bonchev–Trinajstić information content (AvgIpc) is 3.46. The molecule has 0 radical (unpaired) electrons. The van der Waals surface area contributed by atoms with Crippen molar-refractivity contribution in [2.75, 3.05) is 0 Å². The summed E-state index contributed by atoms with van der Waals surface area (Å²) in [6, 6.07) is 22.9. The Balaban J connectivity index is 1.36. The van der Waals surface area contributed by atoms with Crippen molar-refractivity contribution in [3.8, 4) is 39.9 Å². The molecule has 170 valence electrons. The van der Waals surface area contributed by atoms with Crippen LogP contribution in [0.3, 0.4) is 0 Å². The van der Waals surface area contributed by atoms with Crippen molar-refractivity contribution in [3.05, 3.63) is 102 Å². The normalized spacial score (nSPS) is 10.9. The van der Waals surface area contributed by atoms with Crippen LogP contribution >= 0.6 is 0 Å². The van der Waals surface area contributed by atoms with E-state index in [2.05, 4.69) is 15.3 Å². The average molecular weight is 453 g/mol. The molecule has 7 heteroatoms. The number of para-hydroxylation sites is 2. The van der Waals surface area contributed by atoms with E-state index in [0.29, 0.717) is 35.1 Å². The highest BCUT2D eigenvalue weighted by atomic mass is 16.5. The number of benzene rings is 3. The second-order valence-corrected chi connectivity index (χ2v) is 7.99. The Morgan fingerprint density at radius 3 is 2.41 bits per heavy atom. The van der Waals surface area contributed by atoms with E-state index in [1.54, 1.807) is 16.9 Å². The van der Waals surface area contributed by atoms with Crippen LogP contribution in [0.15, 0.2) is 85.2 Å². The maximum absolute atomic E-state index is 10.9. The molecule has 2 N–H and O–H groups in total. The van der Waals surface area contributed by atoms with Gasteiger partial charge >= 0.3 is 0 Å². The molecular formula is C27H24N4O3. The predicted octanol–water partition coefficient (Wildman–Crippen LogP) is 5.96. The van der Waals surface area contributed by atoms with E-state index in [9.17, 15) is 5.11 Å². The Morgan fingerprint density at radius 2 is 1.68 bits per heavy atom. The van der Waals surface area contributed by atoms with Crippen LogP contribution in [0.2, 0.25) is 0 Å². The molecule has 0 unspecified atom stereocenters. The predicted molar refractivity (Wildman–Crippen MR) is 130 cm³/mol. The molecule has 2 aromatic heterocycles. The molecule has 0 aliphatic heterocycles. The molecule has 0 spiro atoms. The topological polar surface area (TPSA) is 85.2 Å². The van der Waals surface area contributed by atoms with Gasteiger partial charge in [-0.3, -0.25) is 5.10 Å². The van der Waals surface area contributed by atoms with Gasteiger partial charge in [0.05, 0.1) is 23.1 Å². The van der Waals surface area contributed by atoms with E-state index in [1.807, 2.05) is 86.8 Å². The summed E-state index contributed by atoms with van der Waals surface area (Å²) in [4.78, 5) is 0. The molecule has 3 aromatic carbocycles. The fraction of sp³-hybridized carbons (Fsp3) is 0.111. The van der Waals surface area contributed by atoms with Gasteiger partial charge in [-0.1, -0.05) is 36.4 Å². The second kappa shape index (κ2) is 9.15. The highest BCUT2D eigenvalue weighted by molar-refractivity contribution is 5.77. The van der Waals surface area contributed by atoms with Crippen molar-refractivity contribution in [1.82, 2.24) is 20.0 Å². The molecular weight excluding hydrogens is 428 g/mol. The van der Waals surface area contributed by atoms with Crippen LogP contribution in [0.1, 0.15) is 16.8 Å². The van der Waals surface area contributed by atoms with Gasteiger partial charge in [-0.25, -0.2) is 4.68 Å². The highest BCUT2D eigenvalue weighted by Crippen LogP contribution is 2.42. The number of H-pyrrole nitrogens is 1. The van der Waals surface area contributed by atoms with Crippen molar-refractivity contribution in [1.29, 1.82) is 0 Å². The molecule has 0 aliphatic carbocycles. The number of nitrogens with zero attached hydrogens (tertiary/aromatic N) is 3. The zero-order valence-corrected chi connectivity index (χ0v) is 18.9.